The fourth-order valence-corrected chi connectivity index (χ4v) is 4.34. The molecule has 3 aromatic rings. The maximum atomic E-state index is 12.9. The van der Waals surface area contributed by atoms with E-state index in [9.17, 15) is 13.2 Å². The molecular formula is C19H20N4O3S. The minimum Gasteiger partial charge on any atom is -0.359 e. The molecule has 0 spiro atoms. The largest absolute Gasteiger partial charge is 0.359 e. The zero-order valence-electron chi connectivity index (χ0n) is 15.1. The summed E-state index contributed by atoms with van der Waals surface area (Å²) in [7, 11) is -3.27. The van der Waals surface area contributed by atoms with Crippen LogP contribution in [0.5, 0.6) is 0 Å². The average Bonchev–Trinajstić information content (AvgIpc) is 3.01. The van der Waals surface area contributed by atoms with Crippen molar-refractivity contribution in [2.75, 3.05) is 18.1 Å². The summed E-state index contributed by atoms with van der Waals surface area (Å²) < 4.78 is 25.0. The number of aryl methyl sites for hydroxylation is 1. The standard InChI is InChI=1S/C19H20N4O3S/c1-12-8-15-17(21-12)4-3-5-18(15)22-19(24)16-10-20-9-13-11-23(27(2,25)26)7-6-14(13)16/h3-5,8-10,21H,6-7,11H2,1-2H3,(H,22,24). The van der Waals surface area contributed by atoms with Gasteiger partial charge in [0, 0.05) is 42.1 Å². The molecular weight excluding hydrogens is 364 g/mol. The first-order chi connectivity index (χ1) is 12.8. The van der Waals surface area contributed by atoms with Crippen LogP contribution < -0.4 is 5.32 Å². The summed E-state index contributed by atoms with van der Waals surface area (Å²) in [5.41, 5.74) is 4.83. The number of nitrogens with one attached hydrogen (secondary N) is 2. The van der Waals surface area contributed by atoms with E-state index in [-0.39, 0.29) is 12.5 Å². The number of H-pyrrole nitrogens is 1. The molecule has 1 amide bonds. The number of hydrogen-bond donors (Lipinski definition) is 2. The number of amides is 1. The molecule has 0 radical (unpaired) electrons. The van der Waals surface area contributed by atoms with Gasteiger partial charge in [0.1, 0.15) is 0 Å². The number of fused-ring (bicyclic) bond motifs is 2. The van der Waals surface area contributed by atoms with Gasteiger partial charge in [-0.1, -0.05) is 6.07 Å². The molecule has 0 saturated carbocycles. The van der Waals surface area contributed by atoms with Gasteiger partial charge in [-0.3, -0.25) is 9.78 Å². The first-order valence-electron chi connectivity index (χ1n) is 8.63. The number of hydrogen-bond acceptors (Lipinski definition) is 4. The van der Waals surface area contributed by atoms with E-state index in [4.69, 9.17) is 0 Å². The van der Waals surface area contributed by atoms with Crippen molar-refractivity contribution in [2.45, 2.75) is 19.9 Å². The van der Waals surface area contributed by atoms with Crippen LogP contribution in [0.25, 0.3) is 10.9 Å². The SMILES string of the molecule is Cc1cc2c(NC(=O)c3cncc4c3CCN(S(C)(=O)=O)C4)cccc2[nH]1. The minimum atomic E-state index is -3.27. The van der Waals surface area contributed by atoms with Gasteiger partial charge in [0.25, 0.3) is 5.91 Å². The topological polar surface area (TPSA) is 95.2 Å². The molecule has 4 rings (SSSR count). The van der Waals surface area contributed by atoms with Gasteiger partial charge in [-0.15, -0.1) is 0 Å². The Kier molecular flexibility index (Phi) is 4.24. The summed E-state index contributed by atoms with van der Waals surface area (Å²) >= 11 is 0. The number of anilines is 1. The average molecular weight is 384 g/mol. The molecule has 3 heterocycles. The third-order valence-electron chi connectivity index (χ3n) is 4.87. The summed E-state index contributed by atoms with van der Waals surface area (Å²) in [6.07, 6.45) is 4.87. The van der Waals surface area contributed by atoms with Crippen molar-refractivity contribution in [1.29, 1.82) is 0 Å². The van der Waals surface area contributed by atoms with Gasteiger partial charge in [-0.2, -0.15) is 4.31 Å². The third-order valence-corrected chi connectivity index (χ3v) is 6.12. The van der Waals surface area contributed by atoms with Crippen LogP contribution in [0.15, 0.2) is 36.7 Å². The Morgan fingerprint density at radius 1 is 1.30 bits per heavy atom. The highest BCUT2D eigenvalue weighted by Gasteiger charge is 2.26. The zero-order chi connectivity index (χ0) is 19.2. The number of aromatic nitrogens is 2. The smallest absolute Gasteiger partial charge is 0.257 e. The third kappa shape index (κ3) is 3.33. The van der Waals surface area contributed by atoms with E-state index in [1.165, 1.54) is 10.6 Å². The maximum absolute atomic E-state index is 12.9. The van der Waals surface area contributed by atoms with Gasteiger partial charge >= 0.3 is 0 Å². The van der Waals surface area contributed by atoms with E-state index in [0.717, 1.165) is 33.4 Å². The Bertz CT molecular complexity index is 1150. The minimum absolute atomic E-state index is 0.237. The second-order valence-electron chi connectivity index (χ2n) is 6.84. The molecule has 1 aromatic carbocycles. The molecule has 0 aliphatic carbocycles. The number of pyridine rings is 1. The predicted molar refractivity (Wildman–Crippen MR) is 104 cm³/mol. The summed E-state index contributed by atoms with van der Waals surface area (Å²) in [4.78, 5) is 20.3. The van der Waals surface area contributed by atoms with Crippen LogP contribution in [0.1, 0.15) is 27.2 Å². The van der Waals surface area contributed by atoms with E-state index in [0.29, 0.717) is 18.5 Å². The fraction of sp³-hybridized carbons (Fsp3) is 0.263. The van der Waals surface area contributed by atoms with Crippen molar-refractivity contribution >= 4 is 32.5 Å². The Morgan fingerprint density at radius 3 is 2.89 bits per heavy atom. The van der Waals surface area contributed by atoms with E-state index < -0.39 is 10.0 Å². The van der Waals surface area contributed by atoms with Crippen LogP contribution in [0.2, 0.25) is 0 Å². The molecule has 2 N–H and O–H groups in total. The Hall–Kier alpha value is -2.71. The number of carbonyl (C=O) groups excluding carboxylic acids is 1. The van der Waals surface area contributed by atoms with Crippen molar-refractivity contribution in [1.82, 2.24) is 14.3 Å². The second-order valence-corrected chi connectivity index (χ2v) is 8.83. The highest BCUT2D eigenvalue weighted by Crippen LogP contribution is 2.27. The van der Waals surface area contributed by atoms with Gasteiger partial charge in [0.05, 0.1) is 17.5 Å². The van der Waals surface area contributed by atoms with Gasteiger partial charge in [0.15, 0.2) is 0 Å². The molecule has 1 aliphatic rings. The molecule has 0 unspecified atom stereocenters. The quantitative estimate of drug-likeness (QED) is 0.725. The number of aromatic amines is 1. The zero-order valence-corrected chi connectivity index (χ0v) is 15.9. The van der Waals surface area contributed by atoms with Crippen LogP contribution in [0.3, 0.4) is 0 Å². The predicted octanol–water partition coefficient (Wildman–Crippen LogP) is 2.44. The number of sulfonamides is 1. The van der Waals surface area contributed by atoms with Crippen LogP contribution in [0, 0.1) is 6.92 Å². The van der Waals surface area contributed by atoms with Crippen LogP contribution in [-0.2, 0) is 23.0 Å². The van der Waals surface area contributed by atoms with Gasteiger partial charge in [-0.25, -0.2) is 8.42 Å². The lowest BCUT2D eigenvalue weighted by Crippen LogP contribution is -2.36. The van der Waals surface area contributed by atoms with E-state index in [2.05, 4.69) is 15.3 Å². The van der Waals surface area contributed by atoms with E-state index in [1.54, 1.807) is 12.4 Å². The van der Waals surface area contributed by atoms with Crippen LogP contribution >= 0.6 is 0 Å². The lowest BCUT2D eigenvalue weighted by Gasteiger charge is -2.27. The molecule has 8 heteroatoms. The van der Waals surface area contributed by atoms with Gasteiger partial charge < -0.3 is 10.3 Å². The molecule has 0 bridgehead atoms. The van der Waals surface area contributed by atoms with Crippen molar-refractivity contribution in [3.8, 4) is 0 Å². The first-order valence-corrected chi connectivity index (χ1v) is 10.5. The fourth-order valence-electron chi connectivity index (χ4n) is 3.54. The summed E-state index contributed by atoms with van der Waals surface area (Å²) in [5.74, 6) is -0.237. The lowest BCUT2D eigenvalue weighted by atomic mass is 9.98. The Balaban J connectivity index is 1.65. The van der Waals surface area contributed by atoms with E-state index in [1.807, 2.05) is 31.2 Å². The summed E-state index contributed by atoms with van der Waals surface area (Å²) in [6.45, 7) is 2.58. The number of benzene rings is 1. The molecule has 140 valence electrons. The highest BCUT2D eigenvalue weighted by atomic mass is 32.2. The highest BCUT2D eigenvalue weighted by molar-refractivity contribution is 7.88. The molecule has 0 atom stereocenters. The molecule has 2 aromatic heterocycles. The number of nitrogens with zero attached hydrogens (tertiary/aromatic N) is 2. The number of rotatable bonds is 3. The second kappa shape index (κ2) is 6.47. The number of carbonyl (C=O) groups is 1. The molecule has 27 heavy (non-hydrogen) atoms. The Morgan fingerprint density at radius 2 is 2.11 bits per heavy atom. The Labute approximate surface area is 157 Å². The first kappa shape index (κ1) is 17.7. The maximum Gasteiger partial charge on any atom is 0.257 e. The summed E-state index contributed by atoms with van der Waals surface area (Å²) in [5, 5.41) is 3.92. The van der Waals surface area contributed by atoms with Crippen molar-refractivity contribution in [3.63, 3.8) is 0 Å². The van der Waals surface area contributed by atoms with Crippen molar-refractivity contribution < 1.29 is 13.2 Å². The van der Waals surface area contributed by atoms with Gasteiger partial charge in [-0.05, 0) is 42.7 Å². The van der Waals surface area contributed by atoms with Crippen molar-refractivity contribution in [2.24, 2.45) is 0 Å². The monoisotopic (exact) mass is 384 g/mol. The van der Waals surface area contributed by atoms with Crippen LogP contribution in [0.4, 0.5) is 5.69 Å². The van der Waals surface area contributed by atoms with Crippen molar-refractivity contribution in [3.05, 3.63) is 59.0 Å². The van der Waals surface area contributed by atoms with Gasteiger partial charge in [0.2, 0.25) is 10.0 Å². The van der Waals surface area contributed by atoms with Crippen LogP contribution in [-0.4, -0.2) is 41.4 Å². The van der Waals surface area contributed by atoms with E-state index >= 15 is 0 Å². The molecule has 7 nitrogen and oxygen atoms in total. The molecule has 1 aliphatic heterocycles. The molecule has 0 saturated heterocycles. The summed E-state index contributed by atoms with van der Waals surface area (Å²) in [6, 6.07) is 7.70. The molecule has 0 fully saturated rings. The normalized spacial score (nSPS) is 14.9. The lowest BCUT2D eigenvalue weighted by molar-refractivity contribution is 0.102.